The third kappa shape index (κ3) is 3.85. The molecule has 110 valence electrons. The lowest BCUT2D eigenvalue weighted by Gasteiger charge is -2.12. The van der Waals surface area contributed by atoms with E-state index in [1.54, 1.807) is 6.07 Å². The third-order valence-corrected chi connectivity index (χ3v) is 2.82. The number of thiocarbonyl (C=S) groups is 1. The highest BCUT2D eigenvalue weighted by molar-refractivity contribution is 7.80. The standard InChI is InChI=1S/C14H11F3N2OS/c15-10-2-1-3-11(12(10)13(18)21)19-8-4-6-9(7-5-8)20-14(16)17/h1-7,14,19H,(H2,18,21). The predicted octanol–water partition coefficient (Wildman–Crippen LogP) is 3.80. The number of nitrogens with one attached hydrogen (secondary N) is 1. The molecule has 7 heteroatoms. The van der Waals surface area contributed by atoms with Crippen LogP contribution in [0.1, 0.15) is 5.56 Å². The first-order valence-corrected chi connectivity index (χ1v) is 6.28. The van der Waals surface area contributed by atoms with Crippen molar-refractivity contribution in [3.8, 4) is 5.75 Å². The van der Waals surface area contributed by atoms with Crippen LogP contribution in [0.3, 0.4) is 0 Å². The molecule has 0 atom stereocenters. The maximum absolute atomic E-state index is 13.7. The van der Waals surface area contributed by atoms with E-state index < -0.39 is 12.4 Å². The fourth-order valence-corrected chi connectivity index (χ4v) is 1.96. The lowest BCUT2D eigenvalue weighted by molar-refractivity contribution is -0.0498. The molecule has 0 saturated carbocycles. The summed E-state index contributed by atoms with van der Waals surface area (Å²) in [6, 6.07) is 10.1. The van der Waals surface area contributed by atoms with Crippen molar-refractivity contribution in [3.63, 3.8) is 0 Å². The van der Waals surface area contributed by atoms with Crippen molar-refractivity contribution in [2.45, 2.75) is 6.61 Å². The van der Waals surface area contributed by atoms with E-state index in [-0.39, 0.29) is 16.3 Å². The number of nitrogens with two attached hydrogens (primary N) is 1. The van der Waals surface area contributed by atoms with Gasteiger partial charge < -0.3 is 15.8 Å². The Morgan fingerprint density at radius 1 is 1.14 bits per heavy atom. The fourth-order valence-electron chi connectivity index (χ4n) is 1.75. The second-order valence-corrected chi connectivity index (χ2v) is 4.49. The molecule has 0 aromatic heterocycles. The predicted molar refractivity (Wildman–Crippen MR) is 78.6 cm³/mol. The van der Waals surface area contributed by atoms with Crippen molar-refractivity contribution in [3.05, 3.63) is 53.8 Å². The van der Waals surface area contributed by atoms with Crippen LogP contribution in [-0.2, 0) is 0 Å². The molecule has 3 nitrogen and oxygen atoms in total. The van der Waals surface area contributed by atoms with Gasteiger partial charge in [-0.15, -0.1) is 0 Å². The van der Waals surface area contributed by atoms with Crippen LogP contribution in [0.25, 0.3) is 0 Å². The summed E-state index contributed by atoms with van der Waals surface area (Å²) >= 11 is 4.82. The van der Waals surface area contributed by atoms with Gasteiger partial charge in [-0.25, -0.2) is 4.39 Å². The summed E-state index contributed by atoms with van der Waals surface area (Å²) in [5.74, 6) is -0.505. The van der Waals surface area contributed by atoms with Crippen LogP contribution in [-0.4, -0.2) is 11.6 Å². The molecule has 0 saturated heterocycles. The highest BCUT2D eigenvalue weighted by Crippen LogP contribution is 2.25. The molecule has 0 radical (unpaired) electrons. The topological polar surface area (TPSA) is 47.3 Å². The molecule has 2 aromatic rings. The molecule has 0 fully saturated rings. The zero-order valence-corrected chi connectivity index (χ0v) is 11.5. The Morgan fingerprint density at radius 2 is 1.81 bits per heavy atom. The summed E-state index contributed by atoms with van der Waals surface area (Å²) < 4.78 is 42.0. The molecular formula is C14H11F3N2OS. The summed E-state index contributed by atoms with van der Waals surface area (Å²) in [5, 5.41) is 2.92. The van der Waals surface area contributed by atoms with Crippen LogP contribution >= 0.6 is 12.2 Å². The molecule has 0 aliphatic heterocycles. The summed E-state index contributed by atoms with van der Waals surface area (Å²) in [6.45, 7) is -2.88. The van der Waals surface area contributed by atoms with E-state index in [9.17, 15) is 13.2 Å². The lowest BCUT2D eigenvalue weighted by Crippen LogP contribution is -2.14. The highest BCUT2D eigenvalue weighted by Gasteiger charge is 2.11. The molecule has 3 N–H and O–H groups in total. The van der Waals surface area contributed by atoms with Crippen LogP contribution in [0.4, 0.5) is 24.5 Å². The maximum Gasteiger partial charge on any atom is 0.387 e. The van der Waals surface area contributed by atoms with Gasteiger partial charge in [-0.05, 0) is 36.4 Å². The van der Waals surface area contributed by atoms with E-state index in [4.69, 9.17) is 18.0 Å². The first-order chi connectivity index (χ1) is 9.97. The van der Waals surface area contributed by atoms with E-state index >= 15 is 0 Å². The molecule has 0 aliphatic carbocycles. The Bertz CT molecular complexity index is 647. The number of hydrogen-bond donors (Lipinski definition) is 2. The zero-order valence-electron chi connectivity index (χ0n) is 10.6. The highest BCUT2D eigenvalue weighted by atomic mass is 32.1. The van der Waals surface area contributed by atoms with E-state index in [0.29, 0.717) is 11.4 Å². The van der Waals surface area contributed by atoms with Crippen LogP contribution in [0.2, 0.25) is 0 Å². The monoisotopic (exact) mass is 312 g/mol. The number of rotatable bonds is 5. The minimum atomic E-state index is -2.88. The summed E-state index contributed by atoms with van der Waals surface area (Å²) in [7, 11) is 0. The van der Waals surface area contributed by atoms with Gasteiger partial charge in [0.2, 0.25) is 0 Å². The first-order valence-electron chi connectivity index (χ1n) is 5.87. The molecule has 0 spiro atoms. The molecule has 0 bridgehead atoms. The van der Waals surface area contributed by atoms with Gasteiger partial charge in [-0.3, -0.25) is 0 Å². The minimum absolute atomic E-state index is 0.0318. The van der Waals surface area contributed by atoms with Crippen LogP contribution in [0, 0.1) is 5.82 Å². The number of ether oxygens (including phenoxy) is 1. The Hall–Kier alpha value is -2.28. The number of benzene rings is 2. The van der Waals surface area contributed by atoms with Gasteiger partial charge >= 0.3 is 6.61 Å². The summed E-state index contributed by atoms with van der Waals surface area (Å²) in [4.78, 5) is -0.0757. The number of hydrogen-bond acceptors (Lipinski definition) is 3. The summed E-state index contributed by atoms with van der Waals surface area (Å²) in [6.07, 6.45) is 0. The van der Waals surface area contributed by atoms with Gasteiger partial charge in [0.05, 0.1) is 11.3 Å². The quantitative estimate of drug-likeness (QED) is 0.824. The van der Waals surface area contributed by atoms with Gasteiger partial charge in [0.25, 0.3) is 0 Å². The van der Waals surface area contributed by atoms with E-state index in [1.807, 2.05) is 0 Å². The van der Waals surface area contributed by atoms with Crippen molar-refractivity contribution in [1.29, 1.82) is 0 Å². The van der Waals surface area contributed by atoms with Crippen LogP contribution in [0.15, 0.2) is 42.5 Å². The molecule has 0 aliphatic rings. The Labute approximate surface area is 124 Å². The van der Waals surface area contributed by atoms with Crippen molar-refractivity contribution < 1.29 is 17.9 Å². The first kappa shape index (κ1) is 15.1. The van der Waals surface area contributed by atoms with Crippen molar-refractivity contribution in [2.75, 3.05) is 5.32 Å². The zero-order chi connectivity index (χ0) is 15.4. The second kappa shape index (κ2) is 6.45. The maximum atomic E-state index is 13.7. The van der Waals surface area contributed by atoms with Gasteiger partial charge in [0, 0.05) is 5.69 Å². The molecule has 0 unspecified atom stereocenters. The fraction of sp³-hybridized carbons (Fsp3) is 0.0714. The van der Waals surface area contributed by atoms with E-state index in [1.165, 1.54) is 36.4 Å². The van der Waals surface area contributed by atoms with E-state index in [0.717, 1.165) is 0 Å². The molecular weight excluding hydrogens is 301 g/mol. The molecule has 2 rings (SSSR count). The number of anilines is 2. The smallest absolute Gasteiger partial charge is 0.387 e. The lowest BCUT2D eigenvalue weighted by atomic mass is 10.1. The summed E-state index contributed by atoms with van der Waals surface area (Å²) in [5.41, 5.74) is 6.54. The Balaban J connectivity index is 2.22. The Morgan fingerprint density at radius 3 is 2.38 bits per heavy atom. The third-order valence-electron chi connectivity index (χ3n) is 2.62. The normalized spacial score (nSPS) is 10.5. The molecule has 21 heavy (non-hydrogen) atoms. The van der Waals surface area contributed by atoms with E-state index in [2.05, 4.69) is 10.1 Å². The van der Waals surface area contributed by atoms with Gasteiger partial charge in [0.1, 0.15) is 16.6 Å². The number of halogens is 3. The van der Waals surface area contributed by atoms with Crippen molar-refractivity contribution >= 4 is 28.6 Å². The van der Waals surface area contributed by atoms with Crippen LogP contribution in [0.5, 0.6) is 5.75 Å². The molecule has 2 aromatic carbocycles. The Kier molecular flexibility index (Phi) is 4.64. The van der Waals surface area contributed by atoms with Crippen LogP contribution < -0.4 is 15.8 Å². The minimum Gasteiger partial charge on any atom is -0.435 e. The second-order valence-electron chi connectivity index (χ2n) is 4.05. The van der Waals surface area contributed by atoms with Crippen molar-refractivity contribution in [2.24, 2.45) is 5.73 Å². The largest absolute Gasteiger partial charge is 0.435 e. The molecule has 0 heterocycles. The van der Waals surface area contributed by atoms with Crippen molar-refractivity contribution in [1.82, 2.24) is 0 Å². The number of alkyl halides is 2. The van der Waals surface area contributed by atoms with Gasteiger partial charge in [0.15, 0.2) is 0 Å². The average Bonchev–Trinajstić information content (AvgIpc) is 2.40. The molecule has 0 amide bonds. The van der Waals surface area contributed by atoms with Gasteiger partial charge in [-0.2, -0.15) is 8.78 Å². The van der Waals surface area contributed by atoms with Gasteiger partial charge in [-0.1, -0.05) is 18.3 Å². The SMILES string of the molecule is NC(=S)c1c(F)cccc1Nc1ccc(OC(F)F)cc1. The average molecular weight is 312 g/mol.